The minimum Gasteiger partial charge on any atom is -0.481 e. The molecule has 0 atom stereocenters. The first-order valence-corrected chi connectivity index (χ1v) is 8.41. The number of carbonyl (C=O) groups excluding carboxylic acids is 1. The minimum atomic E-state index is -0.688. The van der Waals surface area contributed by atoms with Crippen LogP contribution in [0.25, 0.3) is 0 Å². The van der Waals surface area contributed by atoms with Crippen LogP contribution >= 0.6 is 12.4 Å². The maximum atomic E-state index is 12.7. The number of carboxylic acid groups (broad SMARTS) is 1. The summed E-state index contributed by atoms with van der Waals surface area (Å²) in [5.74, 6) is -0.629. The van der Waals surface area contributed by atoms with Crippen molar-refractivity contribution < 1.29 is 14.7 Å². The Labute approximate surface area is 138 Å². The van der Waals surface area contributed by atoms with Gasteiger partial charge in [-0.15, -0.1) is 12.4 Å². The van der Waals surface area contributed by atoms with E-state index in [0.717, 1.165) is 13.1 Å². The standard InChI is InChI=1S/C16H26N2O3.ClH/c19-15(11-17-9-7-12(8-10-17)16(20)21)18(14-5-6-14)13-3-1-2-4-13;/h12-14H,1-11H2,(H,20,21);1H. The molecule has 1 amide bonds. The summed E-state index contributed by atoms with van der Waals surface area (Å²) in [5.41, 5.74) is 0. The molecule has 0 unspecified atom stereocenters. The summed E-state index contributed by atoms with van der Waals surface area (Å²) < 4.78 is 0. The average Bonchev–Trinajstić information content (AvgIpc) is 3.14. The second-order valence-electron chi connectivity index (χ2n) is 6.86. The predicted octanol–water partition coefficient (Wildman–Crippen LogP) is 2.14. The van der Waals surface area contributed by atoms with Crippen LogP contribution in [0.1, 0.15) is 51.4 Å². The van der Waals surface area contributed by atoms with Crippen LogP contribution in [0.5, 0.6) is 0 Å². The number of aliphatic carboxylic acids is 1. The number of likely N-dealkylation sites (tertiary alicyclic amines) is 1. The molecule has 22 heavy (non-hydrogen) atoms. The molecule has 0 bridgehead atoms. The first kappa shape index (κ1) is 17.5. The number of halogens is 1. The van der Waals surface area contributed by atoms with Gasteiger partial charge in [-0.1, -0.05) is 12.8 Å². The largest absolute Gasteiger partial charge is 0.481 e. The second-order valence-corrected chi connectivity index (χ2v) is 6.86. The molecule has 0 aromatic carbocycles. The molecule has 3 aliphatic rings. The van der Waals surface area contributed by atoms with Gasteiger partial charge in [-0.25, -0.2) is 0 Å². The molecule has 5 nitrogen and oxygen atoms in total. The van der Waals surface area contributed by atoms with Crippen LogP contribution in [0.4, 0.5) is 0 Å². The lowest BCUT2D eigenvalue weighted by atomic mass is 9.97. The molecule has 0 aromatic rings. The molecule has 1 N–H and O–H groups in total. The van der Waals surface area contributed by atoms with Gasteiger partial charge in [0.1, 0.15) is 0 Å². The van der Waals surface area contributed by atoms with Crippen molar-refractivity contribution in [1.82, 2.24) is 9.80 Å². The van der Waals surface area contributed by atoms with Crippen molar-refractivity contribution in [3.8, 4) is 0 Å². The van der Waals surface area contributed by atoms with E-state index >= 15 is 0 Å². The summed E-state index contributed by atoms with van der Waals surface area (Å²) in [5, 5.41) is 9.03. The molecule has 1 saturated heterocycles. The third kappa shape index (κ3) is 4.13. The number of amides is 1. The summed E-state index contributed by atoms with van der Waals surface area (Å²) in [6.07, 6.45) is 8.54. The van der Waals surface area contributed by atoms with E-state index in [2.05, 4.69) is 9.80 Å². The molecule has 6 heteroatoms. The highest BCUT2D eigenvalue weighted by molar-refractivity contribution is 5.85. The zero-order chi connectivity index (χ0) is 14.8. The van der Waals surface area contributed by atoms with Crippen molar-refractivity contribution in [3.63, 3.8) is 0 Å². The van der Waals surface area contributed by atoms with Gasteiger partial charge in [0, 0.05) is 12.1 Å². The molecule has 0 aromatic heterocycles. The predicted molar refractivity (Wildman–Crippen MR) is 86.2 cm³/mol. The van der Waals surface area contributed by atoms with Crippen LogP contribution in [-0.2, 0) is 9.59 Å². The van der Waals surface area contributed by atoms with E-state index in [1.54, 1.807) is 0 Å². The molecule has 3 rings (SSSR count). The van der Waals surface area contributed by atoms with Gasteiger partial charge in [0.05, 0.1) is 12.5 Å². The van der Waals surface area contributed by atoms with Crippen LogP contribution < -0.4 is 0 Å². The van der Waals surface area contributed by atoms with E-state index in [9.17, 15) is 9.59 Å². The van der Waals surface area contributed by atoms with Crippen molar-refractivity contribution in [2.75, 3.05) is 19.6 Å². The molecule has 2 aliphatic carbocycles. The quantitative estimate of drug-likeness (QED) is 0.839. The number of rotatable bonds is 5. The number of carboxylic acids is 1. The Morgan fingerprint density at radius 2 is 1.50 bits per heavy atom. The van der Waals surface area contributed by atoms with Crippen LogP contribution in [0, 0.1) is 5.92 Å². The highest BCUT2D eigenvalue weighted by atomic mass is 35.5. The molecule has 0 spiro atoms. The summed E-state index contributed by atoms with van der Waals surface area (Å²) >= 11 is 0. The maximum absolute atomic E-state index is 12.7. The van der Waals surface area contributed by atoms with Gasteiger partial charge < -0.3 is 10.0 Å². The van der Waals surface area contributed by atoms with Gasteiger partial charge in [-0.05, 0) is 51.6 Å². The normalized spacial score (nSPS) is 24.0. The van der Waals surface area contributed by atoms with Crippen molar-refractivity contribution >= 4 is 24.3 Å². The zero-order valence-corrected chi connectivity index (χ0v) is 13.9. The average molecular weight is 331 g/mol. The molecular weight excluding hydrogens is 304 g/mol. The second kappa shape index (κ2) is 7.64. The van der Waals surface area contributed by atoms with Crippen LogP contribution in [0.15, 0.2) is 0 Å². The first-order chi connectivity index (χ1) is 10.1. The SMILES string of the molecule is Cl.O=C(O)C1CCN(CC(=O)N(C2CCCC2)C2CC2)CC1. The Balaban J connectivity index is 0.00000176. The molecule has 3 fully saturated rings. The van der Waals surface area contributed by atoms with E-state index in [0.29, 0.717) is 31.5 Å². The number of piperidine rings is 1. The fourth-order valence-corrected chi connectivity index (χ4v) is 3.85. The molecule has 1 aliphatic heterocycles. The van der Waals surface area contributed by atoms with Crippen LogP contribution in [0.2, 0.25) is 0 Å². The molecular formula is C16H27ClN2O3. The lowest BCUT2D eigenvalue weighted by molar-refractivity contribution is -0.143. The monoisotopic (exact) mass is 330 g/mol. The summed E-state index contributed by atoms with van der Waals surface area (Å²) in [6.45, 7) is 1.97. The van der Waals surface area contributed by atoms with E-state index in [1.165, 1.54) is 38.5 Å². The molecule has 126 valence electrons. The van der Waals surface area contributed by atoms with Crippen LogP contribution in [-0.4, -0.2) is 58.5 Å². The van der Waals surface area contributed by atoms with Crippen molar-refractivity contribution in [2.24, 2.45) is 5.92 Å². The summed E-state index contributed by atoms with van der Waals surface area (Å²) in [7, 11) is 0. The van der Waals surface area contributed by atoms with E-state index < -0.39 is 5.97 Å². The summed E-state index contributed by atoms with van der Waals surface area (Å²) in [4.78, 5) is 28.0. The smallest absolute Gasteiger partial charge is 0.306 e. The van der Waals surface area contributed by atoms with Crippen molar-refractivity contribution in [2.45, 2.75) is 63.5 Å². The van der Waals surface area contributed by atoms with Gasteiger partial charge in [0.15, 0.2) is 0 Å². The van der Waals surface area contributed by atoms with Gasteiger partial charge in [-0.2, -0.15) is 0 Å². The summed E-state index contributed by atoms with van der Waals surface area (Å²) in [6, 6.07) is 0.971. The number of hydrogen-bond donors (Lipinski definition) is 1. The zero-order valence-electron chi connectivity index (χ0n) is 13.1. The third-order valence-corrected chi connectivity index (χ3v) is 5.24. The molecule has 2 saturated carbocycles. The third-order valence-electron chi connectivity index (χ3n) is 5.24. The Kier molecular flexibility index (Phi) is 6.09. The highest BCUT2D eigenvalue weighted by Crippen LogP contribution is 2.34. The van der Waals surface area contributed by atoms with E-state index in [1.807, 2.05) is 0 Å². The Bertz CT molecular complexity index is 400. The van der Waals surface area contributed by atoms with Gasteiger partial charge >= 0.3 is 5.97 Å². The minimum absolute atomic E-state index is 0. The van der Waals surface area contributed by atoms with Gasteiger partial charge in [0.2, 0.25) is 5.91 Å². The van der Waals surface area contributed by atoms with E-state index in [-0.39, 0.29) is 24.2 Å². The van der Waals surface area contributed by atoms with Crippen molar-refractivity contribution in [3.05, 3.63) is 0 Å². The fraction of sp³-hybridized carbons (Fsp3) is 0.875. The number of nitrogens with zero attached hydrogens (tertiary/aromatic N) is 2. The Hall–Kier alpha value is -0.810. The first-order valence-electron chi connectivity index (χ1n) is 8.41. The number of carbonyl (C=O) groups is 2. The lowest BCUT2D eigenvalue weighted by Crippen LogP contribution is -2.48. The van der Waals surface area contributed by atoms with E-state index in [4.69, 9.17) is 5.11 Å². The highest BCUT2D eigenvalue weighted by Gasteiger charge is 2.39. The topological polar surface area (TPSA) is 60.9 Å². The lowest BCUT2D eigenvalue weighted by Gasteiger charge is -2.34. The van der Waals surface area contributed by atoms with Gasteiger partial charge in [0.25, 0.3) is 0 Å². The Morgan fingerprint density at radius 1 is 0.955 bits per heavy atom. The van der Waals surface area contributed by atoms with Crippen LogP contribution in [0.3, 0.4) is 0 Å². The Morgan fingerprint density at radius 3 is 2.00 bits per heavy atom. The number of hydrogen-bond acceptors (Lipinski definition) is 3. The molecule has 0 radical (unpaired) electrons. The molecule has 1 heterocycles. The van der Waals surface area contributed by atoms with Crippen molar-refractivity contribution in [1.29, 1.82) is 0 Å². The van der Waals surface area contributed by atoms with Gasteiger partial charge in [-0.3, -0.25) is 14.5 Å². The fourth-order valence-electron chi connectivity index (χ4n) is 3.85. The maximum Gasteiger partial charge on any atom is 0.306 e.